The Morgan fingerprint density at radius 1 is 1.27 bits per heavy atom. The van der Waals surface area contributed by atoms with Crippen LogP contribution in [0.1, 0.15) is 5.82 Å². The number of nitrogens with one attached hydrogen (secondary N) is 2. The molecule has 4 heterocycles. The number of alkyl halides is 3. The summed E-state index contributed by atoms with van der Waals surface area (Å²) in [6, 6.07) is 3.56. The van der Waals surface area contributed by atoms with E-state index in [4.69, 9.17) is 4.74 Å². The van der Waals surface area contributed by atoms with E-state index < -0.39 is 18.1 Å². The monoisotopic (exact) mass is 437 g/mol. The van der Waals surface area contributed by atoms with Crippen LogP contribution in [-0.4, -0.2) is 68.3 Å². The van der Waals surface area contributed by atoms with Gasteiger partial charge in [0.15, 0.2) is 0 Å². The van der Waals surface area contributed by atoms with E-state index in [9.17, 15) is 13.2 Å². The minimum Gasteiger partial charge on any atom is -0.481 e. The fourth-order valence-electron chi connectivity index (χ4n) is 2.82. The minimum atomic E-state index is -4.54. The van der Waals surface area contributed by atoms with Gasteiger partial charge in [-0.15, -0.1) is 5.43 Å². The van der Waals surface area contributed by atoms with Gasteiger partial charge >= 0.3 is 18.1 Å². The normalized spacial score (nSPS) is 19.7. The maximum Gasteiger partial charge on any atom is 0.481 e. The first kappa shape index (κ1) is 20.1. The number of fused-ring (bicyclic) bond motifs is 1. The molecule has 0 fully saturated rings. The third-order valence-electron chi connectivity index (χ3n) is 4.26. The summed E-state index contributed by atoms with van der Waals surface area (Å²) in [5.41, 5.74) is 3.27. The second-order valence-corrected chi connectivity index (χ2v) is 6.94. The fraction of sp³-hybridized carbons (Fsp3) is 0.294. The number of methoxy groups -OCH3 is 1. The number of hydrazone groups is 1. The molecule has 0 saturated heterocycles. The lowest BCUT2D eigenvalue weighted by atomic mass is 10.2. The van der Waals surface area contributed by atoms with Gasteiger partial charge in [-0.25, -0.2) is 15.0 Å². The smallest absolute Gasteiger partial charge is 0.481 e. The average Bonchev–Trinajstić information content (AvgIpc) is 3.39. The van der Waals surface area contributed by atoms with Gasteiger partial charge in [-0.2, -0.15) is 18.2 Å². The molecule has 2 aliphatic rings. The average molecular weight is 437 g/mol. The Labute approximate surface area is 172 Å². The molecular formula is C17H16F3N8OS+. The number of hydrogen-bond acceptors (Lipinski definition) is 7. The number of rotatable bonds is 4. The molecule has 0 spiro atoms. The second-order valence-electron chi connectivity index (χ2n) is 6.14. The lowest BCUT2D eigenvalue weighted by molar-refractivity contribution is -0.590. The molecule has 2 N–H and O–H groups in total. The molecule has 9 nitrogen and oxygen atoms in total. The molecule has 0 amide bonds. The van der Waals surface area contributed by atoms with Gasteiger partial charge in [0.2, 0.25) is 16.9 Å². The minimum absolute atomic E-state index is 0.102. The van der Waals surface area contributed by atoms with Crippen LogP contribution in [0.5, 0.6) is 5.88 Å². The van der Waals surface area contributed by atoms with Gasteiger partial charge in [0.25, 0.3) is 0 Å². The van der Waals surface area contributed by atoms with Crippen molar-refractivity contribution in [3.8, 4) is 17.1 Å². The predicted molar refractivity (Wildman–Crippen MR) is 107 cm³/mol. The van der Waals surface area contributed by atoms with Crippen LogP contribution in [-0.2, 0) is 6.54 Å². The van der Waals surface area contributed by atoms with Crippen molar-refractivity contribution in [1.82, 2.24) is 20.4 Å². The summed E-state index contributed by atoms with van der Waals surface area (Å²) in [4.78, 5) is 24.1. The summed E-state index contributed by atoms with van der Waals surface area (Å²) in [5.74, 6) is 1.19. The zero-order valence-electron chi connectivity index (χ0n) is 15.8. The van der Waals surface area contributed by atoms with Gasteiger partial charge < -0.3 is 9.72 Å². The molecule has 2 aromatic heterocycles. The van der Waals surface area contributed by atoms with Crippen molar-refractivity contribution in [3.63, 3.8) is 0 Å². The number of H-pyrrole nitrogens is 1. The number of aliphatic imine (C=N–C) groups is 3. The van der Waals surface area contributed by atoms with Gasteiger partial charge in [-0.1, -0.05) is 16.4 Å². The SMILES string of the molecule is COc1ccc(-c2cnc(CN=C3N=C(SC)N[N+]4=C(C(F)(F)F)C=NC34)[nH]2)cn1. The fourth-order valence-corrected chi connectivity index (χ4v) is 3.19. The van der Waals surface area contributed by atoms with Crippen molar-refractivity contribution in [2.75, 3.05) is 13.4 Å². The van der Waals surface area contributed by atoms with Gasteiger partial charge in [-0.3, -0.25) is 4.99 Å². The Kier molecular flexibility index (Phi) is 5.28. The summed E-state index contributed by atoms with van der Waals surface area (Å²) in [6.45, 7) is 0.102. The molecule has 30 heavy (non-hydrogen) atoms. The van der Waals surface area contributed by atoms with Crippen molar-refractivity contribution in [3.05, 3.63) is 30.4 Å². The first-order valence-corrected chi connectivity index (χ1v) is 9.86. The number of pyridine rings is 1. The van der Waals surface area contributed by atoms with Crippen LogP contribution in [0.2, 0.25) is 0 Å². The van der Waals surface area contributed by atoms with Crippen molar-refractivity contribution < 1.29 is 22.6 Å². The maximum atomic E-state index is 13.2. The number of amidine groups is 2. The first-order chi connectivity index (χ1) is 14.4. The van der Waals surface area contributed by atoms with Crippen LogP contribution in [0.4, 0.5) is 13.2 Å². The van der Waals surface area contributed by atoms with Crippen LogP contribution >= 0.6 is 11.8 Å². The molecule has 1 unspecified atom stereocenters. The van der Waals surface area contributed by atoms with Crippen LogP contribution < -0.4 is 10.2 Å². The number of aromatic nitrogens is 3. The molecular weight excluding hydrogens is 421 g/mol. The molecule has 0 bridgehead atoms. The summed E-state index contributed by atoms with van der Waals surface area (Å²) in [5, 5.41) is 0.293. The topological polar surface area (TPSA) is 103 Å². The van der Waals surface area contributed by atoms with Crippen LogP contribution in [0.25, 0.3) is 11.3 Å². The summed E-state index contributed by atoms with van der Waals surface area (Å²) in [6.07, 6.45) is 0.234. The first-order valence-electron chi connectivity index (χ1n) is 8.63. The Morgan fingerprint density at radius 3 is 2.77 bits per heavy atom. The number of imidazole rings is 1. The van der Waals surface area contributed by atoms with E-state index in [0.29, 0.717) is 16.9 Å². The van der Waals surface area contributed by atoms with Gasteiger partial charge in [0.1, 0.15) is 12.0 Å². The van der Waals surface area contributed by atoms with Crippen molar-refractivity contribution in [2.45, 2.75) is 18.9 Å². The molecule has 2 aromatic rings. The molecule has 0 saturated carbocycles. The van der Waals surface area contributed by atoms with Crippen LogP contribution in [0.15, 0.2) is 39.5 Å². The highest BCUT2D eigenvalue weighted by molar-refractivity contribution is 8.13. The molecule has 0 radical (unpaired) electrons. The lowest BCUT2D eigenvalue weighted by Crippen LogP contribution is -2.50. The van der Waals surface area contributed by atoms with E-state index in [1.54, 1.807) is 24.7 Å². The Bertz CT molecular complexity index is 1070. The summed E-state index contributed by atoms with van der Waals surface area (Å²) < 4.78 is 45.6. The van der Waals surface area contributed by atoms with Gasteiger partial charge in [-0.05, 0) is 12.3 Å². The third kappa shape index (κ3) is 3.92. The van der Waals surface area contributed by atoms with E-state index in [1.165, 1.54) is 18.9 Å². The van der Waals surface area contributed by atoms with E-state index in [2.05, 4.69) is 35.4 Å². The highest BCUT2D eigenvalue weighted by atomic mass is 32.2. The Morgan fingerprint density at radius 2 is 2.10 bits per heavy atom. The Balaban J connectivity index is 1.57. The Hall–Kier alpha value is -3.22. The van der Waals surface area contributed by atoms with Crippen molar-refractivity contribution in [2.24, 2.45) is 15.0 Å². The van der Waals surface area contributed by atoms with Crippen LogP contribution in [0.3, 0.4) is 0 Å². The molecule has 13 heteroatoms. The number of hydrazine groups is 1. The van der Waals surface area contributed by atoms with Gasteiger partial charge in [0, 0.05) is 17.8 Å². The number of thioether (sulfide) groups is 1. The number of halogens is 3. The number of aromatic amines is 1. The van der Waals surface area contributed by atoms with E-state index >= 15 is 0 Å². The molecule has 0 aromatic carbocycles. The van der Waals surface area contributed by atoms with Gasteiger partial charge in [0.05, 0.1) is 25.5 Å². The quantitative estimate of drug-likeness (QED) is 0.713. The number of hydrogen-bond donors (Lipinski definition) is 2. The molecule has 0 aliphatic carbocycles. The lowest BCUT2D eigenvalue weighted by Gasteiger charge is -2.16. The van der Waals surface area contributed by atoms with E-state index in [1.807, 2.05) is 6.07 Å². The molecule has 2 aliphatic heterocycles. The largest absolute Gasteiger partial charge is 0.481 e. The number of ether oxygens (including phenoxy) is 1. The summed E-state index contributed by atoms with van der Waals surface area (Å²) in [7, 11) is 1.53. The third-order valence-corrected chi connectivity index (χ3v) is 4.83. The van der Waals surface area contributed by atoms with E-state index in [-0.39, 0.29) is 12.4 Å². The standard InChI is InChI=1S/C17H16F3N8OS/c1-29-13-4-3-9(5-22-13)10-6-21-12(25-10)8-23-14-15-24-7-11(17(18,19)20)28(15)27-16(26-14)30-2/h3-7,15H,8H2,1-2H3,(H,21,25)(H,23,26,27)/q+1. The van der Waals surface area contributed by atoms with Crippen LogP contribution in [0, 0.1) is 0 Å². The molecule has 1 atom stereocenters. The van der Waals surface area contributed by atoms with Crippen molar-refractivity contribution >= 4 is 34.7 Å². The zero-order chi connectivity index (χ0) is 21.3. The summed E-state index contributed by atoms with van der Waals surface area (Å²) >= 11 is 1.18. The maximum absolute atomic E-state index is 13.2. The highest BCUT2D eigenvalue weighted by Gasteiger charge is 2.51. The zero-order valence-corrected chi connectivity index (χ0v) is 16.6. The highest BCUT2D eigenvalue weighted by Crippen LogP contribution is 2.23. The van der Waals surface area contributed by atoms with Crippen molar-refractivity contribution in [1.29, 1.82) is 0 Å². The molecule has 156 valence electrons. The van der Waals surface area contributed by atoms with E-state index in [0.717, 1.165) is 22.2 Å². The number of nitrogens with zero attached hydrogens (tertiary/aromatic N) is 6. The molecule has 4 rings (SSSR count). The predicted octanol–water partition coefficient (Wildman–Crippen LogP) is 2.04. The second kappa shape index (κ2) is 7.89.